The molecule has 0 bridgehead atoms. The number of rotatable bonds is 5. The number of nitrogens with zero attached hydrogens (tertiary/aromatic N) is 2. The van der Waals surface area contributed by atoms with Gasteiger partial charge < -0.3 is 19.7 Å². The Bertz CT molecular complexity index is 627. The van der Waals surface area contributed by atoms with Crippen LogP contribution in [-0.4, -0.2) is 57.2 Å². The van der Waals surface area contributed by atoms with E-state index in [9.17, 15) is 4.79 Å². The lowest BCUT2D eigenvalue weighted by atomic mass is 9.87. The average Bonchev–Trinajstić information content (AvgIpc) is 2.67. The van der Waals surface area contributed by atoms with E-state index in [1.807, 2.05) is 12.1 Å². The van der Waals surface area contributed by atoms with Crippen LogP contribution < -0.4 is 10.1 Å². The molecule has 1 N–H and O–H groups in total. The molecule has 6 heteroatoms. The predicted molar refractivity (Wildman–Crippen MR) is 108 cm³/mol. The zero-order chi connectivity index (χ0) is 19.9. The second kappa shape index (κ2) is 9.62. The van der Waals surface area contributed by atoms with Crippen molar-refractivity contribution in [2.45, 2.75) is 39.0 Å². The first-order valence-electron chi connectivity index (χ1n) is 9.62. The lowest BCUT2D eigenvalue weighted by molar-refractivity contribution is -0.146. The van der Waals surface area contributed by atoms with Gasteiger partial charge in [0.2, 0.25) is 0 Å². The second-order valence-electron chi connectivity index (χ2n) is 7.88. The van der Waals surface area contributed by atoms with E-state index in [1.165, 1.54) is 12.7 Å². The molecule has 0 unspecified atom stereocenters. The van der Waals surface area contributed by atoms with E-state index in [1.54, 1.807) is 7.05 Å². The summed E-state index contributed by atoms with van der Waals surface area (Å²) in [5.41, 5.74) is 1.44. The third kappa shape index (κ3) is 6.15. The minimum absolute atomic E-state index is 0.00348. The van der Waals surface area contributed by atoms with Gasteiger partial charge in [-0.2, -0.15) is 0 Å². The number of aliphatic imine (C=N–C) groups is 1. The molecule has 27 heavy (non-hydrogen) atoms. The number of likely N-dealkylation sites (tertiary alicyclic amines) is 1. The highest BCUT2D eigenvalue weighted by atomic mass is 16.5. The number of hydrogen-bond acceptors (Lipinski definition) is 4. The Morgan fingerprint density at radius 2 is 1.85 bits per heavy atom. The summed E-state index contributed by atoms with van der Waals surface area (Å²) in [6, 6.07) is 8.28. The molecule has 1 aliphatic rings. The lowest BCUT2D eigenvalue weighted by Crippen LogP contribution is -2.47. The smallest absolute Gasteiger partial charge is 0.308 e. The topological polar surface area (TPSA) is 63.2 Å². The van der Waals surface area contributed by atoms with E-state index in [4.69, 9.17) is 9.47 Å². The van der Waals surface area contributed by atoms with Crippen LogP contribution in [0.2, 0.25) is 0 Å². The standard InChI is InChI=1S/C21H33N3O3/c1-21(2,3)17-6-8-18(9-7-17)27-15-12-23-20(22-4)24-13-10-16(11-14-24)19(25)26-5/h6-9,16H,10-15H2,1-5H3,(H,22,23). The van der Waals surface area contributed by atoms with Gasteiger partial charge in [0.1, 0.15) is 12.4 Å². The molecule has 0 aromatic heterocycles. The molecule has 6 nitrogen and oxygen atoms in total. The fourth-order valence-corrected chi connectivity index (χ4v) is 3.21. The van der Waals surface area contributed by atoms with Gasteiger partial charge >= 0.3 is 5.97 Å². The number of benzene rings is 1. The van der Waals surface area contributed by atoms with E-state index < -0.39 is 0 Å². The average molecular weight is 376 g/mol. The maximum absolute atomic E-state index is 11.6. The molecule has 1 aromatic rings. The Morgan fingerprint density at radius 3 is 2.37 bits per heavy atom. The summed E-state index contributed by atoms with van der Waals surface area (Å²) in [6.07, 6.45) is 1.59. The second-order valence-corrected chi connectivity index (χ2v) is 7.88. The van der Waals surface area contributed by atoms with E-state index in [0.717, 1.165) is 37.6 Å². The van der Waals surface area contributed by atoms with Crippen LogP contribution in [0.4, 0.5) is 0 Å². The third-order valence-electron chi connectivity index (χ3n) is 4.92. The summed E-state index contributed by atoms with van der Waals surface area (Å²) < 4.78 is 10.7. The summed E-state index contributed by atoms with van der Waals surface area (Å²) in [4.78, 5) is 18.2. The Balaban J connectivity index is 1.73. The van der Waals surface area contributed by atoms with Crippen LogP contribution in [0.15, 0.2) is 29.3 Å². The molecule has 1 heterocycles. The van der Waals surface area contributed by atoms with Gasteiger partial charge in [-0.05, 0) is 36.0 Å². The molecule has 1 saturated heterocycles. The number of methoxy groups -OCH3 is 1. The lowest BCUT2D eigenvalue weighted by Gasteiger charge is -2.33. The number of guanidine groups is 1. The van der Waals surface area contributed by atoms with Crippen LogP contribution >= 0.6 is 0 Å². The van der Waals surface area contributed by atoms with Crippen molar-refractivity contribution in [3.8, 4) is 5.75 Å². The van der Waals surface area contributed by atoms with Crippen molar-refractivity contribution in [2.75, 3.05) is 40.4 Å². The van der Waals surface area contributed by atoms with E-state index in [2.05, 4.69) is 48.1 Å². The fourth-order valence-electron chi connectivity index (χ4n) is 3.21. The molecule has 0 amide bonds. The molecule has 150 valence electrons. The first-order valence-corrected chi connectivity index (χ1v) is 9.62. The van der Waals surface area contributed by atoms with Crippen molar-refractivity contribution in [1.29, 1.82) is 0 Å². The van der Waals surface area contributed by atoms with Crippen molar-refractivity contribution >= 4 is 11.9 Å². The summed E-state index contributed by atoms with van der Waals surface area (Å²) in [5.74, 6) is 1.62. The van der Waals surface area contributed by atoms with Crippen LogP contribution in [0, 0.1) is 5.92 Å². The van der Waals surface area contributed by atoms with Crippen LogP contribution in [0.1, 0.15) is 39.2 Å². The molecule has 1 aliphatic heterocycles. The molecular formula is C21H33N3O3. The van der Waals surface area contributed by atoms with Gasteiger partial charge in [-0.3, -0.25) is 9.79 Å². The molecule has 0 saturated carbocycles. The number of ether oxygens (including phenoxy) is 2. The molecular weight excluding hydrogens is 342 g/mol. The summed E-state index contributed by atoms with van der Waals surface area (Å²) in [6.45, 7) is 9.44. The van der Waals surface area contributed by atoms with Crippen LogP contribution in [0.5, 0.6) is 5.75 Å². The van der Waals surface area contributed by atoms with Crippen LogP contribution in [-0.2, 0) is 14.9 Å². The van der Waals surface area contributed by atoms with Gasteiger partial charge in [0.15, 0.2) is 5.96 Å². The number of hydrogen-bond donors (Lipinski definition) is 1. The van der Waals surface area contributed by atoms with Crippen molar-refractivity contribution in [1.82, 2.24) is 10.2 Å². The molecule has 0 aliphatic carbocycles. The molecule has 0 spiro atoms. The minimum Gasteiger partial charge on any atom is -0.492 e. The van der Waals surface area contributed by atoms with E-state index in [-0.39, 0.29) is 17.3 Å². The largest absolute Gasteiger partial charge is 0.492 e. The first kappa shape index (κ1) is 21.1. The molecule has 1 aromatic carbocycles. The van der Waals surface area contributed by atoms with E-state index in [0.29, 0.717) is 13.2 Å². The van der Waals surface area contributed by atoms with Gasteiger partial charge in [-0.25, -0.2) is 0 Å². The normalized spacial score (nSPS) is 16.2. The molecule has 0 atom stereocenters. The maximum atomic E-state index is 11.6. The van der Waals surface area contributed by atoms with Gasteiger partial charge in [-0.15, -0.1) is 0 Å². The number of carbonyl (C=O) groups excluding carboxylic acids is 1. The third-order valence-corrected chi connectivity index (χ3v) is 4.92. The van der Waals surface area contributed by atoms with E-state index >= 15 is 0 Å². The number of esters is 1. The fraction of sp³-hybridized carbons (Fsp3) is 0.619. The molecule has 1 fully saturated rings. The number of carbonyl (C=O) groups is 1. The Labute approximate surface area is 162 Å². The van der Waals surface area contributed by atoms with Gasteiger partial charge in [0.25, 0.3) is 0 Å². The van der Waals surface area contributed by atoms with Crippen molar-refractivity contribution < 1.29 is 14.3 Å². The highest BCUT2D eigenvalue weighted by Gasteiger charge is 2.26. The number of nitrogens with one attached hydrogen (secondary N) is 1. The summed E-state index contributed by atoms with van der Waals surface area (Å²) in [7, 11) is 3.23. The van der Waals surface area contributed by atoms with Gasteiger partial charge in [-0.1, -0.05) is 32.9 Å². The number of piperidine rings is 1. The summed E-state index contributed by atoms with van der Waals surface area (Å²) in [5, 5.41) is 3.34. The van der Waals surface area contributed by atoms with Crippen LogP contribution in [0.3, 0.4) is 0 Å². The predicted octanol–water partition coefficient (Wildman–Crippen LogP) is 2.82. The zero-order valence-corrected chi connectivity index (χ0v) is 17.2. The monoisotopic (exact) mass is 375 g/mol. The minimum atomic E-state index is -0.108. The van der Waals surface area contributed by atoms with Gasteiger partial charge in [0, 0.05) is 20.1 Å². The van der Waals surface area contributed by atoms with Crippen molar-refractivity contribution in [2.24, 2.45) is 10.9 Å². The molecule has 2 rings (SSSR count). The SMILES string of the molecule is CN=C(NCCOc1ccc(C(C)(C)C)cc1)N1CCC(C(=O)OC)CC1. The Hall–Kier alpha value is -2.24. The van der Waals surface area contributed by atoms with Crippen molar-refractivity contribution in [3.63, 3.8) is 0 Å². The first-order chi connectivity index (χ1) is 12.8. The summed E-state index contributed by atoms with van der Waals surface area (Å²) >= 11 is 0. The highest BCUT2D eigenvalue weighted by Crippen LogP contribution is 2.24. The Morgan fingerprint density at radius 1 is 1.22 bits per heavy atom. The van der Waals surface area contributed by atoms with Crippen LogP contribution in [0.25, 0.3) is 0 Å². The maximum Gasteiger partial charge on any atom is 0.308 e. The highest BCUT2D eigenvalue weighted by molar-refractivity contribution is 5.80. The quantitative estimate of drug-likeness (QED) is 0.371. The van der Waals surface area contributed by atoms with Crippen molar-refractivity contribution in [3.05, 3.63) is 29.8 Å². The molecule has 0 radical (unpaired) electrons. The Kier molecular flexibility index (Phi) is 7.51. The van der Waals surface area contributed by atoms with Gasteiger partial charge in [0.05, 0.1) is 19.6 Å². The zero-order valence-electron chi connectivity index (χ0n) is 17.2.